The van der Waals surface area contributed by atoms with E-state index in [0.717, 1.165) is 83.5 Å². The summed E-state index contributed by atoms with van der Waals surface area (Å²) in [6.45, 7) is 4.28. The van der Waals surface area contributed by atoms with Gasteiger partial charge in [0.05, 0.1) is 27.7 Å². The molecule has 0 aromatic heterocycles. The molecule has 0 bridgehead atoms. The van der Waals surface area contributed by atoms with Crippen LogP contribution < -0.4 is 0 Å². The summed E-state index contributed by atoms with van der Waals surface area (Å²) < 4.78 is 34.9. The minimum atomic E-state index is -4.40. The third-order valence-corrected chi connectivity index (χ3v) is 20.6. The van der Waals surface area contributed by atoms with Crippen molar-refractivity contribution in [3.8, 4) is 0 Å². The van der Waals surface area contributed by atoms with E-state index in [0.29, 0.717) is 23.9 Å². The van der Waals surface area contributed by atoms with Gasteiger partial charge in [0.25, 0.3) is 0 Å². The van der Waals surface area contributed by atoms with Gasteiger partial charge in [-0.3, -0.25) is 18.6 Å². The van der Waals surface area contributed by atoms with E-state index in [9.17, 15) is 19.0 Å². The molecule has 0 saturated carbocycles. The Hall–Kier alpha value is -3.07. The van der Waals surface area contributed by atoms with E-state index in [1.54, 1.807) is 0 Å². The van der Waals surface area contributed by atoms with Gasteiger partial charge >= 0.3 is 19.8 Å². The highest BCUT2D eigenvalue weighted by Gasteiger charge is 2.27. The first-order chi connectivity index (χ1) is 50.0. The Kier molecular flexibility index (Phi) is 79.5. The molecule has 9 nitrogen and oxygen atoms in total. The normalized spacial score (nSPS) is 13.4. The van der Waals surface area contributed by atoms with E-state index in [2.05, 4.69) is 111 Å². The predicted octanol–water partition coefficient (Wildman–Crippen LogP) is 29.7. The molecule has 1 N–H and O–H groups in total. The van der Waals surface area contributed by atoms with Crippen molar-refractivity contribution in [1.82, 2.24) is 0 Å². The van der Waals surface area contributed by atoms with Gasteiger partial charge in [-0.05, 0) is 89.9 Å². The lowest BCUT2D eigenvalue weighted by Gasteiger charge is -2.24. The minimum absolute atomic E-state index is 0.0335. The molecule has 0 rings (SSSR count). The van der Waals surface area contributed by atoms with Crippen molar-refractivity contribution in [2.24, 2.45) is 0 Å². The molecule has 0 fully saturated rings. The van der Waals surface area contributed by atoms with Crippen molar-refractivity contribution >= 4 is 19.8 Å². The van der Waals surface area contributed by atoms with Gasteiger partial charge in [-0.15, -0.1) is 0 Å². The zero-order chi connectivity index (χ0) is 74.0. The molecule has 0 spiro atoms. The largest absolute Gasteiger partial charge is 0.472 e. The molecule has 2 unspecified atom stereocenters. The number of nitrogens with zero attached hydrogens (tertiary/aromatic N) is 1. The standard InChI is InChI=1S/C92H168NO8P/c1-6-8-10-12-14-16-18-20-22-24-26-28-30-32-34-36-38-40-42-44-46-48-50-52-54-56-58-60-62-64-66-68-70-72-74-76-78-80-82-84-91(94)98-88-90(89-100-102(96,97)99-87-86-93(3,4)5)101-92(95)85-83-81-79-77-75-73-71-69-67-65-63-61-59-57-55-53-51-49-47-45-43-41-39-37-35-33-31-29-27-25-23-21-19-17-15-13-11-9-7-2/h8-11,14-17,20-23,26-29,90H,6-7,12-13,18-19,24-25,30-89H2,1-5H3/p+1/b10-8-,11-9-,16-14-,17-15-,22-20-,23-21-,28-26-,29-27-. The molecule has 2 atom stereocenters. The lowest BCUT2D eigenvalue weighted by molar-refractivity contribution is -0.870. The molecule has 0 aliphatic carbocycles. The van der Waals surface area contributed by atoms with Crippen LogP contribution in [0.5, 0.6) is 0 Å². The summed E-state index contributed by atoms with van der Waals surface area (Å²) in [5, 5.41) is 0. The molecule has 0 aromatic rings. The van der Waals surface area contributed by atoms with E-state index in [1.165, 1.54) is 308 Å². The first-order valence-corrected chi connectivity index (χ1v) is 45.5. The lowest BCUT2D eigenvalue weighted by atomic mass is 10.0. The van der Waals surface area contributed by atoms with Crippen LogP contribution in [0.25, 0.3) is 0 Å². The Bertz CT molecular complexity index is 2050. The summed E-state index contributed by atoms with van der Waals surface area (Å²) in [4.78, 5) is 36.1. The highest BCUT2D eigenvalue weighted by atomic mass is 31.2. The molecule has 0 heterocycles. The molecule has 0 aliphatic heterocycles. The highest BCUT2D eigenvalue weighted by Crippen LogP contribution is 2.43. The van der Waals surface area contributed by atoms with E-state index < -0.39 is 26.5 Å². The van der Waals surface area contributed by atoms with Crippen LogP contribution in [0.15, 0.2) is 97.2 Å². The summed E-state index contributed by atoms with van der Waals surface area (Å²) in [5.74, 6) is -0.773. The van der Waals surface area contributed by atoms with Crippen molar-refractivity contribution < 1.29 is 42.1 Å². The van der Waals surface area contributed by atoms with Gasteiger partial charge in [-0.1, -0.05) is 419 Å². The molecule has 102 heavy (non-hydrogen) atoms. The van der Waals surface area contributed by atoms with Crippen LogP contribution in [-0.2, 0) is 32.7 Å². The van der Waals surface area contributed by atoms with Gasteiger partial charge in [0.1, 0.15) is 19.8 Å². The summed E-state index contributed by atoms with van der Waals surface area (Å²) in [7, 11) is 1.50. The third kappa shape index (κ3) is 85.9. The Labute approximate surface area is 634 Å². The zero-order valence-electron chi connectivity index (χ0n) is 68.1. The molecule has 0 saturated heterocycles. The average molecular weight is 1450 g/mol. The molecule has 0 radical (unpaired) electrons. The number of quaternary nitrogens is 1. The second-order valence-corrected chi connectivity index (χ2v) is 32.3. The second-order valence-electron chi connectivity index (χ2n) is 30.9. The number of phosphoric ester groups is 1. The number of hydrogen-bond acceptors (Lipinski definition) is 7. The van der Waals surface area contributed by atoms with Crippen molar-refractivity contribution in [2.45, 2.75) is 431 Å². The van der Waals surface area contributed by atoms with Crippen molar-refractivity contribution in [2.75, 3.05) is 47.5 Å². The Balaban J connectivity index is 3.85. The number of esters is 2. The molecule has 0 amide bonds. The molecular formula is C92H169NO8P+. The van der Waals surface area contributed by atoms with Crippen LogP contribution in [0, 0.1) is 0 Å². The number of allylic oxidation sites excluding steroid dienone is 16. The molecule has 0 aromatic carbocycles. The maximum absolute atomic E-state index is 12.9. The summed E-state index contributed by atoms with van der Waals surface area (Å²) >= 11 is 0. The number of rotatable bonds is 82. The number of carbonyl (C=O) groups is 2. The number of ether oxygens (including phenoxy) is 2. The fourth-order valence-corrected chi connectivity index (χ4v) is 13.7. The van der Waals surface area contributed by atoms with Crippen LogP contribution in [0.3, 0.4) is 0 Å². The van der Waals surface area contributed by atoms with E-state index >= 15 is 0 Å². The number of likely N-dealkylation sites (N-methyl/N-ethyl adjacent to an activating group) is 1. The van der Waals surface area contributed by atoms with Gasteiger partial charge in [0.2, 0.25) is 0 Å². The van der Waals surface area contributed by atoms with Gasteiger partial charge in [0, 0.05) is 12.8 Å². The Morgan fingerprint density at radius 3 is 0.784 bits per heavy atom. The number of unbranched alkanes of at least 4 members (excludes halogenated alkanes) is 52. The Morgan fingerprint density at radius 2 is 0.529 bits per heavy atom. The fraction of sp³-hybridized carbons (Fsp3) is 0.804. The summed E-state index contributed by atoms with van der Waals surface area (Å²) in [6, 6.07) is 0. The van der Waals surface area contributed by atoms with E-state index in [-0.39, 0.29) is 25.6 Å². The monoisotopic (exact) mass is 1450 g/mol. The summed E-state index contributed by atoms with van der Waals surface area (Å²) in [5.41, 5.74) is 0. The van der Waals surface area contributed by atoms with Gasteiger partial charge in [-0.2, -0.15) is 0 Å². The zero-order valence-corrected chi connectivity index (χ0v) is 69.0. The van der Waals surface area contributed by atoms with Crippen LogP contribution in [0.1, 0.15) is 425 Å². The SMILES string of the molecule is CC/C=C\C/C=C\C/C=C\C/C=C\CCCCCCCCCCCCCCCCCCCCCCCCCCCCC(=O)OCC(COP(=O)(O)OCC[N+](C)(C)C)OC(=O)CCCCCCCCCCCCCCCCCCCCCCCCCCCC/C=C\C/C=C\C/C=C\C/C=C\CC. The second kappa shape index (κ2) is 82.0. The predicted molar refractivity (Wildman–Crippen MR) is 445 cm³/mol. The van der Waals surface area contributed by atoms with Crippen molar-refractivity contribution in [1.29, 1.82) is 0 Å². The third-order valence-electron chi connectivity index (χ3n) is 19.6. The topological polar surface area (TPSA) is 108 Å². The lowest BCUT2D eigenvalue weighted by Crippen LogP contribution is -2.37. The van der Waals surface area contributed by atoms with Gasteiger partial charge in [0.15, 0.2) is 6.10 Å². The quantitative estimate of drug-likeness (QED) is 0.0211. The summed E-state index contributed by atoms with van der Waals surface area (Å²) in [6.07, 6.45) is 116. The van der Waals surface area contributed by atoms with Crippen LogP contribution in [0.4, 0.5) is 0 Å². The van der Waals surface area contributed by atoms with Crippen LogP contribution >= 0.6 is 7.82 Å². The van der Waals surface area contributed by atoms with Crippen molar-refractivity contribution in [3.63, 3.8) is 0 Å². The van der Waals surface area contributed by atoms with Crippen LogP contribution in [0.2, 0.25) is 0 Å². The number of carbonyl (C=O) groups excluding carboxylic acids is 2. The smallest absolute Gasteiger partial charge is 0.462 e. The number of phosphoric acid groups is 1. The fourth-order valence-electron chi connectivity index (χ4n) is 13.0. The molecule has 0 aliphatic rings. The average Bonchev–Trinajstić information content (AvgIpc) is 0.935. The maximum Gasteiger partial charge on any atom is 0.472 e. The molecule has 594 valence electrons. The van der Waals surface area contributed by atoms with E-state index in [1.807, 2.05) is 21.1 Å². The van der Waals surface area contributed by atoms with Gasteiger partial charge < -0.3 is 18.9 Å². The minimum Gasteiger partial charge on any atom is -0.462 e. The molecular weight excluding hydrogens is 1280 g/mol. The van der Waals surface area contributed by atoms with Crippen molar-refractivity contribution in [3.05, 3.63) is 97.2 Å². The molecule has 10 heteroatoms. The van der Waals surface area contributed by atoms with Gasteiger partial charge in [-0.25, -0.2) is 4.57 Å². The number of hydrogen-bond donors (Lipinski definition) is 1. The first-order valence-electron chi connectivity index (χ1n) is 44.0. The maximum atomic E-state index is 12.9. The van der Waals surface area contributed by atoms with Crippen LogP contribution in [-0.4, -0.2) is 74.9 Å². The van der Waals surface area contributed by atoms with E-state index in [4.69, 9.17) is 18.5 Å². The first kappa shape index (κ1) is 98.9. The Morgan fingerprint density at radius 1 is 0.304 bits per heavy atom. The highest BCUT2D eigenvalue weighted by molar-refractivity contribution is 7.47.